The Morgan fingerprint density at radius 3 is 1.95 bits per heavy atom. The van der Waals surface area contributed by atoms with Crippen molar-refractivity contribution in [3.8, 4) is 11.3 Å². The SMILES string of the molecule is CCC(CC)C(=O)/C=C(\O)C(CC)CC.Cc1[c-]c(-c2nccc3c2ccc2c(CC(C)(C)C)nccc23)cc(C)c1.[Ir]. The van der Waals surface area contributed by atoms with Gasteiger partial charge >= 0.3 is 0 Å². The monoisotopic (exact) mass is 758 g/mol. The van der Waals surface area contributed by atoms with Crippen molar-refractivity contribution in [3.05, 3.63) is 83.5 Å². The molecule has 0 aliphatic rings. The fourth-order valence-electron chi connectivity index (χ4n) is 5.64. The first-order valence-electron chi connectivity index (χ1n) is 15.5. The van der Waals surface area contributed by atoms with Crippen LogP contribution in [-0.2, 0) is 31.3 Å². The van der Waals surface area contributed by atoms with Crippen LogP contribution < -0.4 is 0 Å². The Labute approximate surface area is 272 Å². The maximum atomic E-state index is 11.7. The second kappa shape index (κ2) is 16.3. The van der Waals surface area contributed by atoms with E-state index in [1.807, 2.05) is 40.1 Å². The number of aromatic nitrogens is 2. The number of hydrogen-bond donors (Lipinski definition) is 1. The molecule has 0 saturated carbocycles. The molecule has 0 amide bonds. The van der Waals surface area contributed by atoms with Gasteiger partial charge in [-0.1, -0.05) is 74.4 Å². The molecule has 0 aliphatic carbocycles. The summed E-state index contributed by atoms with van der Waals surface area (Å²) in [6, 6.07) is 16.4. The van der Waals surface area contributed by atoms with E-state index in [0.717, 1.165) is 48.9 Å². The average molecular weight is 758 g/mol. The number of aliphatic hydroxyl groups is 1. The van der Waals surface area contributed by atoms with Gasteiger partial charge in [0.25, 0.3) is 0 Å². The summed E-state index contributed by atoms with van der Waals surface area (Å²) >= 11 is 0. The first-order valence-corrected chi connectivity index (χ1v) is 15.5. The van der Waals surface area contributed by atoms with Crippen molar-refractivity contribution in [1.29, 1.82) is 0 Å². The third-order valence-electron chi connectivity index (χ3n) is 7.95. The molecule has 43 heavy (non-hydrogen) atoms. The molecule has 1 N–H and O–H groups in total. The second-order valence-electron chi connectivity index (χ2n) is 12.7. The van der Waals surface area contributed by atoms with E-state index >= 15 is 0 Å². The Balaban J connectivity index is 0.000000348. The van der Waals surface area contributed by atoms with Crippen LogP contribution in [0.3, 0.4) is 0 Å². The van der Waals surface area contributed by atoms with Crippen LogP contribution >= 0.6 is 0 Å². The standard InChI is InChI=1S/C25H25N2.C13H24O2.Ir/c1-16-12-17(2)14-18(13-16)24-22-7-6-21-19(20(22)9-11-27-24)8-10-26-23(21)15-25(3,4)5;1-5-10(6-2)12(14)9-13(15)11(7-3)8-4;/h6-13H,15H2,1-5H3;9-11,14H,5-8H2,1-4H3;/q-1;;/b;12-9-;. The molecule has 0 unspecified atom stereocenters. The first-order chi connectivity index (χ1) is 19.9. The molecule has 0 aliphatic heterocycles. The molecular formula is C38H49IrN2O2-. The van der Waals surface area contributed by atoms with E-state index in [2.05, 4.69) is 82.1 Å². The Morgan fingerprint density at radius 1 is 0.837 bits per heavy atom. The van der Waals surface area contributed by atoms with Crippen LogP contribution in [0.5, 0.6) is 0 Å². The molecule has 2 heterocycles. The molecule has 0 fully saturated rings. The Bertz CT molecular complexity index is 1520. The zero-order chi connectivity index (χ0) is 31.0. The molecule has 4 nitrogen and oxygen atoms in total. The maximum absolute atomic E-state index is 11.7. The van der Waals surface area contributed by atoms with Crippen molar-refractivity contribution in [3.63, 3.8) is 0 Å². The number of pyridine rings is 2. The minimum Gasteiger partial charge on any atom is -0.512 e. The molecular weight excluding hydrogens is 709 g/mol. The van der Waals surface area contributed by atoms with Gasteiger partial charge in [0.15, 0.2) is 5.78 Å². The molecule has 2 aromatic carbocycles. The van der Waals surface area contributed by atoms with Crippen molar-refractivity contribution in [1.82, 2.24) is 9.97 Å². The molecule has 233 valence electrons. The van der Waals surface area contributed by atoms with Gasteiger partial charge in [0.2, 0.25) is 0 Å². The zero-order valence-electron chi connectivity index (χ0n) is 27.5. The summed E-state index contributed by atoms with van der Waals surface area (Å²) < 4.78 is 0. The van der Waals surface area contributed by atoms with E-state index in [-0.39, 0.29) is 48.9 Å². The maximum Gasteiger partial charge on any atom is 0.162 e. The van der Waals surface area contributed by atoms with Gasteiger partial charge in [-0.25, -0.2) is 0 Å². The fourth-order valence-corrected chi connectivity index (χ4v) is 5.64. The second-order valence-corrected chi connectivity index (χ2v) is 12.7. The van der Waals surface area contributed by atoms with Gasteiger partial charge in [0, 0.05) is 61.5 Å². The van der Waals surface area contributed by atoms with E-state index in [9.17, 15) is 9.90 Å². The van der Waals surface area contributed by atoms with Crippen LogP contribution in [0.15, 0.2) is 60.6 Å². The van der Waals surface area contributed by atoms with Crippen molar-refractivity contribution in [2.75, 3.05) is 0 Å². The van der Waals surface area contributed by atoms with Crippen LogP contribution in [0.2, 0.25) is 0 Å². The summed E-state index contributed by atoms with van der Waals surface area (Å²) in [4.78, 5) is 21.1. The van der Waals surface area contributed by atoms with E-state index in [1.54, 1.807) is 0 Å². The summed E-state index contributed by atoms with van der Waals surface area (Å²) in [6.07, 6.45) is 9.71. The number of hydrogen-bond acceptors (Lipinski definition) is 4. The van der Waals surface area contributed by atoms with Gasteiger partial charge in [-0.3, -0.25) is 9.78 Å². The molecule has 0 spiro atoms. The van der Waals surface area contributed by atoms with Crippen LogP contribution in [-0.4, -0.2) is 20.9 Å². The average Bonchev–Trinajstić information content (AvgIpc) is 2.93. The molecule has 5 heteroatoms. The van der Waals surface area contributed by atoms with Crippen molar-refractivity contribution >= 4 is 27.3 Å². The number of rotatable bonds is 9. The number of carbonyl (C=O) groups excluding carboxylic acids is 1. The minimum atomic E-state index is 0. The van der Waals surface area contributed by atoms with Crippen molar-refractivity contribution in [2.24, 2.45) is 17.3 Å². The number of fused-ring (bicyclic) bond motifs is 3. The molecule has 2 aromatic heterocycles. The quantitative estimate of drug-likeness (QED) is 0.0799. The number of nitrogens with zero attached hydrogens (tertiary/aromatic N) is 2. The van der Waals surface area contributed by atoms with Gasteiger partial charge in [-0.2, -0.15) is 0 Å². The largest absolute Gasteiger partial charge is 0.512 e. The Kier molecular flexibility index (Phi) is 13.7. The summed E-state index contributed by atoms with van der Waals surface area (Å²) in [5, 5.41) is 14.6. The number of aliphatic hydroxyl groups excluding tert-OH is 1. The van der Waals surface area contributed by atoms with E-state index in [0.29, 0.717) is 0 Å². The number of benzene rings is 2. The van der Waals surface area contributed by atoms with Crippen molar-refractivity contribution in [2.45, 2.75) is 94.4 Å². The molecule has 1 radical (unpaired) electrons. The molecule has 4 aromatic rings. The van der Waals surface area contributed by atoms with E-state index in [1.165, 1.54) is 38.9 Å². The Hall–Kier alpha value is -2.88. The van der Waals surface area contributed by atoms with Crippen LogP contribution in [0, 0.1) is 37.2 Å². The predicted molar refractivity (Wildman–Crippen MR) is 178 cm³/mol. The summed E-state index contributed by atoms with van der Waals surface area (Å²) in [7, 11) is 0. The number of aryl methyl sites for hydroxylation is 2. The zero-order valence-corrected chi connectivity index (χ0v) is 29.9. The fraction of sp³-hybridized carbons (Fsp3) is 0.447. The van der Waals surface area contributed by atoms with E-state index < -0.39 is 0 Å². The number of ketones is 1. The molecule has 0 atom stereocenters. The van der Waals surface area contributed by atoms with Crippen LogP contribution in [0.4, 0.5) is 0 Å². The molecule has 0 bridgehead atoms. The third-order valence-corrected chi connectivity index (χ3v) is 7.95. The smallest absolute Gasteiger partial charge is 0.162 e. The van der Waals surface area contributed by atoms with Gasteiger partial charge < -0.3 is 10.1 Å². The normalized spacial score (nSPS) is 11.9. The topological polar surface area (TPSA) is 63.1 Å². The van der Waals surface area contributed by atoms with Gasteiger partial charge in [0.05, 0.1) is 5.76 Å². The molecule has 4 rings (SSSR count). The third kappa shape index (κ3) is 9.55. The van der Waals surface area contributed by atoms with Gasteiger partial charge in [0.1, 0.15) is 0 Å². The van der Waals surface area contributed by atoms with Crippen LogP contribution in [0.25, 0.3) is 32.8 Å². The summed E-state index contributed by atoms with van der Waals surface area (Å²) in [5.41, 5.74) is 5.79. The summed E-state index contributed by atoms with van der Waals surface area (Å²) in [5.74, 6) is 0.547. The number of allylic oxidation sites excluding steroid dienone is 2. The van der Waals surface area contributed by atoms with Gasteiger partial charge in [-0.05, 0) is 71.5 Å². The molecule has 0 saturated heterocycles. The predicted octanol–water partition coefficient (Wildman–Crippen LogP) is 10.3. The van der Waals surface area contributed by atoms with E-state index in [4.69, 9.17) is 4.98 Å². The number of carbonyl (C=O) groups is 1. The first kappa shape index (κ1) is 36.3. The summed E-state index contributed by atoms with van der Waals surface area (Å²) in [6.45, 7) is 19.0. The van der Waals surface area contributed by atoms with Crippen LogP contribution in [0.1, 0.15) is 91.0 Å². The van der Waals surface area contributed by atoms with Gasteiger partial charge in [-0.15, -0.1) is 34.9 Å². The Morgan fingerprint density at radius 2 is 1.40 bits per heavy atom. The van der Waals surface area contributed by atoms with Crippen molar-refractivity contribution < 1.29 is 30.0 Å². The minimum absolute atomic E-state index is 0.